The Labute approximate surface area is 128 Å². The Morgan fingerprint density at radius 3 is 2.52 bits per heavy atom. The minimum Gasteiger partial charge on any atom is -0.491 e. The Kier molecular flexibility index (Phi) is 5.17. The third-order valence-corrected chi connectivity index (χ3v) is 3.33. The third-order valence-electron chi connectivity index (χ3n) is 3.04. The maximum atomic E-state index is 13.3. The molecule has 2 aromatic carbocycles. The Morgan fingerprint density at radius 1 is 1.19 bits per heavy atom. The summed E-state index contributed by atoms with van der Waals surface area (Å²) in [5, 5.41) is 0.0648. The van der Waals surface area contributed by atoms with Crippen LogP contribution in [0.5, 0.6) is 5.75 Å². The number of para-hydroxylation sites is 1. The molecule has 0 fully saturated rings. The van der Waals surface area contributed by atoms with Crippen LogP contribution in [0.4, 0.5) is 4.39 Å². The molecule has 112 valence electrons. The third kappa shape index (κ3) is 3.73. The summed E-state index contributed by atoms with van der Waals surface area (Å²) in [5.74, 6) is 5.96. The van der Waals surface area contributed by atoms with E-state index in [9.17, 15) is 4.39 Å². The monoisotopic (exact) mass is 308 g/mol. The molecule has 2 rings (SSSR count). The van der Waals surface area contributed by atoms with E-state index in [1.807, 2.05) is 38.1 Å². The van der Waals surface area contributed by atoms with Gasteiger partial charge in [-0.25, -0.2) is 9.82 Å². The van der Waals surface area contributed by atoms with Gasteiger partial charge in [0.2, 0.25) is 0 Å². The highest BCUT2D eigenvalue weighted by atomic mass is 35.5. The average molecular weight is 309 g/mol. The summed E-state index contributed by atoms with van der Waals surface area (Å²) in [6.45, 7) is 3.91. The fraction of sp³-hybridized carbons (Fsp3) is 0.250. The molecule has 0 bridgehead atoms. The van der Waals surface area contributed by atoms with Crippen LogP contribution in [-0.4, -0.2) is 6.10 Å². The summed E-state index contributed by atoms with van der Waals surface area (Å²) in [5.41, 5.74) is 4.37. The molecular formula is C16H18ClFN2O. The Morgan fingerprint density at radius 2 is 1.90 bits per heavy atom. The van der Waals surface area contributed by atoms with Gasteiger partial charge in [0.1, 0.15) is 11.6 Å². The van der Waals surface area contributed by atoms with Crippen LogP contribution in [0, 0.1) is 5.82 Å². The second kappa shape index (κ2) is 6.89. The highest BCUT2D eigenvalue weighted by molar-refractivity contribution is 6.30. The molecule has 3 nitrogen and oxygen atoms in total. The average Bonchev–Trinajstić information content (AvgIpc) is 2.44. The van der Waals surface area contributed by atoms with E-state index >= 15 is 0 Å². The van der Waals surface area contributed by atoms with Gasteiger partial charge in [0, 0.05) is 5.56 Å². The molecule has 0 saturated heterocycles. The number of benzene rings is 2. The van der Waals surface area contributed by atoms with Gasteiger partial charge in [-0.05, 0) is 37.6 Å². The first-order valence-electron chi connectivity index (χ1n) is 6.69. The van der Waals surface area contributed by atoms with Crippen molar-refractivity contribution in [2.75, 3.05) is 0 Å². The van der Waals surface area contributed by atoms with Crippen LogP contribution in [0.1, 0.15) is 31.0 Å². The molecule has 1 unspecified atom stereocenters. The van der Waals surface area contributed by atoms with Crippen molar-refractivity contribution in [1.82, 2.24) is 5.43 Å². The van der Waals surface area contributed by atoms with Gasteiger partial charge in [0.25, 0.3) is 0 Å². The molecule has 0 aliphatic rings. The highest BCUT2D eigenvalue weighted by Gasteiger charge is 2.18. The van der Waals surface area contributed by atoms with Crippen LogP contribution < -0.4 is 16.0 Å². The van der Waals surface area contributed by atoms with E-state index in [2.05, 4.69) is 5.43 Å². The summed E-state index contributed by atoms with van der Waals surface area (Å²) in [6, 6.07) is 11.8. The number of nitrogens with two attached hydrogens (primary N) is 1. The molecule has 21 heavy (non-hydrogen) atoms. The molecule has 0 heterocycles. The largest absolute Gasteiger partial charge is 0.491 e. The second-order valence-corrected chi connectivity index (χ2v) is 5.38. The molecule has 0 amide bonds. The Bertz CT molecular complexity index is 619. The molecule has 0 aliphatic carbocycles. The number of rotatable bonds is 5. The van der Waals surface area contributed by atoms with Crippen molar-refractivity contribution in [2.45, 2.75) is 26.0 Å². The van der Waals surface area contributed by atoms with Crippen LogP contribution >= 0.6 is 11.6 Å². The number of ether oxygens (including phenoxy) is 1. The highest BCUT2D eigenvalue weighted by Crippen LogP contribution is 2.31. The summed E-state index contributed by atoms with van der Waals surface area (Å²) in [6.07, 6.45) is 0.0429. The van der Waals surface area contributed by atoms with Crippen LogP contribution in [0.25, 0.3) is 0 Å². The van der Waals surface area contributed by atoms with E-state index in [0.717, 1.165) is 16.9 Å². The fourth-order valence-electron chi connectivity index (χ4n) is 2.14. The minimum absolute atomic E-state index is 0.0429. The fourth-order valence-corrected chi connectivity index (χ4v) is 2.33. The van der Waals surface area contributed by atoms with Gasteiger partial charge < -0.3 is 4.74 Å². The summed E-state index contributed by atoms with van der Waals surface area (Å²) in [4.78, 5) is 0. The lowest BCUT2D eigenvalue weighted by Crippen LogP contribution is -2.29. The van der Waals surface area contributed by atoms with E-state index in [1.54, 1.807) is 12.1 Å². The van der Waals surface area contributed by atoms with Crippen molar-refractivity contribution < 1.29 is 9.13 Å². The molecule has 2 aromatic rings. The zero-order chi connectivity index (χ0) is 15.4. The van der Waals surface area contributed by atoms with Gasteiger partial charge >= 0.3 is 0 Å². The van der Waals surface area contributed by atoms with E-state index in [4.69, 9.17) is 22.2 Å². The van der Waals surface area contributed by atoms with Crippen LogP contribution in [0.2, 0.25) is 5.02 Å². The van der Waals surface area contributed by atoms with Crippen LogP contribution in [0.3, 0.4) is 0 Å². The topological polar surface area (TPSA) is 47.3 Å². The summed E-state index contributed by atoms with van der Waals surface area (Å²) >= 11 is 5.85. The van der Waals surface area contributed by atoms with Gasteiger partial charge in [-0.15, -0.1) is 0 Å². The SMILES string of the molecule is CC(C)Oc1ccccc1C(NN)c1ccc(F)c(Cl)c1. The predicted octanol–water partition coefficient (Wildman–Crippen LogP) is 3.82. The van der Waals surface area contributed by atoms with Crippen molar-refractivity contribution >= 4 is 11.6 Å². The van der Waals surface area contributed by atoms with E-state index in [-0.39, 0.29) is 17.2 Å². The van der Waals surface area contributed by atoms with Crippen molar-refractivity contribution in [1.29, 1.82) is 0 Å². The van der Waals surface area contributed by atoms with E-state index in [1.165, 1.54) is 6.07 Å². The number of hydrogen-bond donors (Lipinski definition) is 2. The minimum atomic E-state index is -0.456. The van der Waals surface area contributed by atoms with Crippen LogP contribution in [0.15, 0.2) is 42.5 Å². The van der Waals surface area contributed by atoms with Gasteiger partial charge in [0.15, 0.2) is 0 Å². The normalized spacial score (nSPS) is 12.5. The lowest BCUT2D eigenvalue weighted by atomic mass is 9.98. The zero-order valence-corrected chi connectivity index (χ0v) is 12.7. The predicted molar refractivity (Wildman–Crippen MR) is 82.8 cm³/mol. The van der Waals surface area contributed by atoms with Crippen LogP contribution in [-0.2, 0) is 0 Å². The first-order chi connectivity index (χ1) is 10.0. The molecule has 0 aromatic heterocycles. The number of hydrogen-bond acceptors (Lipinski definition) is 3. The number of nitrogens with one attached hydrogen (secondary N) is 1. The van der Waals surface area contributed by atoms with Crippen molar-refractivity contribution in [3.63, 3.8) is 0 Å². The molecule has 0 saturated carbocycles. The van der Waals surface area contributed by atoms with Gasteiger partial charge in [-0.2, -0.15) is 0 Å². The molecule has 1 atom stereocenters. The van der Waals surface area contributed by atoms with Gasteiger partial charge in [-0.1, -0.05) is 35.9 Å². The lowest BCUT2D eigenvalue weighted by Gasteiger charge is -2.21. The second-order valence-electron chi connectivity index (χ2n) is 4.98. The first kappa shape index (κ1) is 15.8. The molecule has 3 N–H and O–H groups in total. The maximum absolute atomic E-state index is 13.3. The lowest BCUT2D eigenvalue weighted by molar-refractivity contribution is 0.238. The number of halogens is 2. The molecule has 5 heteroatoms. The number of hydrazine groups is 1. The first-order valence-corrected chi connectivity index (χ1v) is 7.07. The van der Waals surface area contributed by atoms with E-state index < -0.39 is 5.82 Å². The Balaban J connectivity index is 2.43. The van der Waals surface area contributed by atoms with Crippen molar-refractivity contribution in [3.8, 4) is 5.75 Å². The Hall–Kier alpha value is -1.62. The summed E-state index contributed by atoms with van der Waals surface area (Å²) in [7, 11) is 0. The maximum Gasteiger partial charge on any atom is 0.141 e. The summed E-state index contributed by atoms with van der Waals surface area (Å²) < 4.78 is 19.1. The standard InChI is InChI=1S/C16H18ClFN2O/c1-10(2)21-15-6-4-3-5-12(15)16(20-19)11-7-8-14(18)13(17)9-11/h3-10,16,20H,19H2,1-2H3. The molecule has 0 radical (unpaired) electrons. The van der Waals surface area contributed by atoms with Crippen molar-refractivity contribution in [2.24, 2.45) is 5.84 Å². The smallest absolute Gasteiger partial charge is 0.141 e. The quantitative estimate of drug-likeness (QED) is 0.652. The zero-order valence-electron chi connectivity index (χ0n) is 11.9. The molecular weight excluding hydrogens is 291 g/mol. The van der Waals surface area contributed by atoms with E-state index in [0.29, 0.717) is 0 Å². The van der Waals surface area contributed by atoms with Crippen molar-refractivity contribution in [3.05, 3.63) is 64.4 Å². The molecule has 0 spiro atoms. The molecule has 0 aliphatic heterocycles. The van der Waals surface area contributed by atoms with Gasteiger partial charge in [-0.3, -0.25) is 5.84 Å². The van der Waals surface area contributed by atoms with Gasteiger partial charge in [0.05, 0.1) is 17.2 Å².